The van der Waals surface area contributed by atoms with Crippen molar-refractivity contribution in [3.8, 4) is 11.4 Å². The molecule has 2 rings (SSSR count). The van der Waals surface area contributed by atoms with Gasteiger partial charge in [0.15, 0.2) is 0 Å². The van der Waals surface area contributed by atoms with Gasteiger partial charge < -0.3 is 10.5 Å². The van der Waals surface area contributed by atoms with Crippen molar-refractivity contribution < 1.29 is 9.13 Å². The van der Waals surface area contributed by atoms with Crippen LogP contribution in [0, 0.1) is 5.95 Å². The first-order chi connectivity index (χ1) is 7.76. The molecule has 0 bridgehead atoms. The van der Waals surface area contributed by atoms with Crippen LogP contribution in [0.4, 0.5) is 4.39 Å². The van der Waals surface area contributed by atoms with Crippen LogP contribution in [-0.4, -0.2) is 16.9 Å². The lowest BCUT2D eigenvalue weighted by atomic mass is 10.3. The Bertz CT molecular complexity index is 478. The van der Waals surface area contributed by atoms with Crippen molar-refractivity contribution in [2.75, 3.05) is 7.11 Å². The fourth-order valence-electron chi connectivity index (χ4n) is 1.41. The van der Waals surface area contributed by atoms with Crippen molar-refractivity contribution in [3.63, 3.8) is 0 Å². The normalized spacial score (nSPS) is 10.4. The highest BCUT2D eigenvalue weighted by atomic mass is 19.1. The molecule has 0 amide bonds. The first-order valence-electron chi connectivity index (χ1n) is 4.83. The van der Waals surface area contributed by atoms with Gasteiger partial charge in [0.1, 0.15) is 5.75 Å². The monoisotopic (exact) mass is 221 g/mol. The molecule has 2 aromatic rings. The van der Waals surface area contributed by atoms with Gasteiger partial charge in [0.2, 0.25) is 5.95 Å². The second-order valence-corrected chi connectivity index (χ2v) is 3.27. The summed E-state index contributed by atoms with van der Waals surface area (Å²) in [6.07, 6.45) is 1.43. The molecule has 1 heterocycles. The predicted octanol–water partition coefficient (Wildman–Crippen LogP) is 1.48. The third-order valence-corrected chi connectivity index (χ3v) is 2.32. The van der Waals surface area contributed by atoms with E-state index in [2.05, 4.69) is 5.10 Å². The molecule has 5 heteroatoms. The maximum atomic E-state index is 13.7. The number of nitrogens with zero attached hydrogens (tertiary/aromatic N) is 2. The molecule has 2 N–H and O–H groups in total. The van der Waals surface area contributed by atoms with Gasteiger partial charge >= 0.3 is 0 Å². The highest BCUT2D eigenvalue weighted by Crippen LogP contribution is 2.16. The minimum atomic E-state index is -0.423. The molecule has 0 fully saturated rings. The second-order valence-electron chi connectivity index (χ2n) is 3.27. The van der Waals surface area contributed by atoms with Crippen molar-refractivity contribution in [3.05, 3.63) is 42.0 Å². The Hall–Kier alpha value is -1.88. The number of nitrogens with two attached hydrogens (primary N) is 1. The van der Waals surface area contributed by atoms with Crippen molar-refractivity contribution in [1.29, 1.82) is 0 Å². The van der Waals surface area contributed by atoms with E-state index < -0.39 is 5.95 Å². The molecule has 0 unspecified atom stereocenters. The number of methoxy groups -OCH3 is 1. The van der Waals surface area contributed by atoms with Gasteiger partial charge in [-0.25, -0.2) is 4.68 Å². The maximum Gasteiger partial charge on any atom is 0.220 e. The van der Waals surface area contributed by atoms with E-state index in [9.17, 15) is 4.39 Å². The number of halogens is 1. The molecule has 4 nitrogen and oxygen atoms in total. The van der Waals surface area contributed by atoms with Crippen LogP contribution in [0.15, 0.2) is 30.5 Å². The number of rotatable bonds is 3. The highest BCUT2D eigenvalue weighted by Gasteiger charge is 2.10. The molecule has 16 heavy (non-hydrogen) atoms. The Kier molecular flexibility index (Phi) is 2.87. The van der Waals surface area contributed by atoms with Gasteiger partial charge in [-0.1, -0.05) is 0 Å². The van der Waals surface area contributed by atoms with Crippen LogP contribution in [0.1, 0.15) is 5.56 Å². The number of hydrogen-bond acceptors (Lipinski definition) is 3. The standard InChI is InChI=1S/C11H12FN3O/c1-16-10-4-2-9(3-5-10)15-11(12)8(6-13)7-14-15/h2-5,7H,6,13H2,1H3. The molecule has 0 atom stereocenters. The molecule has 1 aromatic heterocycles. The van der Waals surface area contributed by atoms with Crippen LogP contribution in [0.2, 0.25) is 0 Å². The number of aromatic nitrogens is 2. The van der Waals surface area contributed by atoms with Gasteiger partial charge in [-0.2, -0.15) is 9.49 Å². The van der Waals surface area contributed by atoms with E-state index in [1.807, 2.05) is 0 Å². The second kappa shape index (κ2) is 4.32. The van der Waals surface area contributed by atoms with Crippen molar-refractivity contribution in [2.45, 2.75) is 6.54 Å². The smallest absolute Gasteiger partial charge is 0.220 e. The summed E-state index contributed by atoms with van der Waals surface area (Å²) in [4.78, 5) is 0. The lowest BCUT2D eigenvalue weighted by Crippen LogP contribution is -2.03. The summed E-state index contributed by atoms with van der Waals surface area (Å²) in [5.41, 5.74) is 6.41. The molecule has 0 aliphatic carbocycles. The molecule has 0 spiro atoms. The first kappa shape index (κ1) is 10.6. The molecule has 0 aliphatic rings. The Morgan fingerprint density at radius 2 is 2.06 bits per heavy atom. The van der Waals surface area contributed by atoms with Crippen LogP contribution in [0.3, 0.4) is 0 Å². The summed E-state index contributed by atoms with van der Waals surface area (Å²) < 4.78 is 19.9. The van der Waals surface area contributed by atoms with E-state index in [0.717, 1.165) is 5.75 Å². The zero-order chi connectivity index (χ0) is 11.5. The third-order valence-electron chi connectivity index (χ3n) is 2.32. The summed E-state index contributed by atoms with van der Waals surface area (Å²) in [6, 6.07) is 6.96. The van der Waals surface area contributed by atoms with Crippen molar-refractivity contribution in [1.82, 2.24) is 9.78 Å². The molecule has 0 saturated carbocycles. The van der Waals surface area contributed by atoms with Crippen LogP contribution >= 0.6 is 0 Å². The van der Waals surface area contributed by atoms with Gasteiger partial charge in [-0.15, -0.1) is 0 Å². The van der Waals surface area contributed by atoms with E-state index in [0.29, 0.717) is 11.3 Å². The van der Waals surface area contributed by atoms with Crippen molar-refractivity contribution >= 4 is 0 Å². The van der Waals surface area contributed by atoms with E-state index in [4.69, 9.17) is 10.5 Å². The summed E-state index contributed by atoms with van der Waals surface area (Å²) in [7, 11) is 1.58. The van der Waals surface area contributed by atoms with Gasteiger partial charge in [0.25, 0.3) is 0 Å². The molecule has 84 valence electrons. The first-order valence-corrected chi connectivity index (χ1v) is 4.83. The Morgan fingerprint density at radius 1 is 1.38 bits per heavy atom. The fraction of sp³-hybridized carbons (Fsp3) is 0.182. The van der Waals surface area contributed by atoms with E-state index in [1.165, 1.54) is 10.9 Å². The van der Waals surface area contributed by atoms with Crippen LogP contribution < -0.4 is 10.5 Å². The minimum absolute atomic E-state index is 0.141. The number of hydrogen-bond donors (Lipinski definition) is 1. The molecule has 1 aromatic carbocycles. The van der Waals surface area contributed by atoms with Gasteiger partial charge in [-0.05, 0) is 24.3 Å². The van der Waals surface area contributed by atoms with Crippen LogP contribution in [-0.2, 0) is 6.54 Å². The summed E-state index contributed by atoms with van der Waals surface area (Å²) in [5.74, 6) is 0.294. The zero-order valence-corrected chi connectivity index (χ0v) is 8.85. The Labute approximate surface area is 92.4 Å². The quantitative estimate of drug-likeness (QED) is 0.854. The van der Waals surface area contributed by atoms with Gasteiger partial charge in [0.05, 0.1) is 19.0 Å². The van der Waals surface area contributed by atoms with Crippen LogP contribution in [0.25, 0.3) is 5.69 Å². The maximum absolute atomic E-state index is 13.7. The summed E-state index contributed by atoms with van der Waals surface area (Å²) >= 11 is 0. The number of ether oxygens (including phenoxy) is 1. The summed E-state index contributed by atoms with van der Waals surface area (Å²) in [5, 5.41) is 3.93. The van der Waals surface area contributed by atoms with Crippen LogP contribution in [0.5, 0.6) is 5.75 Å². The third kappa shape index (κ3) is 1.77. The lowest BCUT2D eigenvalue weighted by Gasteiger charge is -2.04. The van der Waals surface area contributed by atoms with Gasteiger partial charge in [0, 0.05) is 12.1 Å². The molecular weight excluding hydrogens is 209 g/mol. The molecule has 0 radical (unpaired) electrons. The van der Waals surface area contributed by atoms with E-state index in [1.54, 1.807) is 31.4 Å². The van der Waals surface area contributed by atoms with E-state index in [-0.39, 0.29) is 6.54 Å². The molecule has 0 saturated heterocycles. The highest BCUT2D eigenvalue weighted by molar-refractivity contribution is 5.37. The topological polar surface area (TPSA) is 53.1 Å². The fourth-order valence-corrected chi connectivity index (χ4v) is 1.41. The van der Waals surface area contributed by atoms with E-state index >= 15 is 0 Å². The number of benzene rings is 1. The Balaban J connectivity index is 2.38. The largest absolute Gasteiger partial charge is 0.497 e. The molecular formula is C11H12FN3O. The summed E-state index contributed by atoms with van der Waals surface area (Å²) in [6.45, 7) is 0.141. The SMILES string of the molecule is COc1ccc(-n2ncc(CN)c2F)cc1. The Morgan fingerprint density at radius 3 is 2.56 bits per heavy atom. The lowest BCUT2D eigenvalue weighted by molar-refractivity contribution is 0.414. The predicted molar refractivity (Wildman–Crippen MR) is 58.0 cm³/mol. The average Bonchev–Trinajstić information content (AvgIpc) is 2.70. The van der Waals surface area contributed by atoms with Gasteiger partial charge in [-0.3, -0.25) is 0 Å². The molecule has 0 aliphatic heterocycles. The zero-order valence-electron chi connectivity index (χ0n) is 8.85. The minimum Gasteiger partial charge on any atom is -0.497 e. The van der Waals surface area contributed by atoms with Crippen molar-refractivity contribution in [2.24, 2.45) is 5.73 Å². The average molecular weight is 221 g/mol.